The summed E-state index contributed by atoms with van der Waals surface area (Å²) in [5.74, 6) is -0.877. The van der Waals surface area contributed by atoms with Crippen LogP contribution in [0.1, 0.15) is 12.8 Å². The third-order valence-corrected chi connectivity index (χ3v) is 1.73. The summed E-state index contributed by atoms with van der Waals surface area (Å²) in [6.07, 6.45) is 1.24. The van der Waals surface area contributed by atoms with Crippen LogP contribution in [0.2, 0.25) is 0 Å². The van der Waals surface area contributed by atoms with Crippen molar-refractivity contribution >= 4 is 11.9 Å². The fourth-order valence-corrected chi connectivity index (χ4v) is 0.975. The smallest absolute Gasteiger partial charge is 0.338 e. The monoisotopic (exact) mass is 189 g/mol. The summed E-state index contributed by atoms with van der Waals surface area (Å²) in [4.78, 5) is 13.2. The van der Waals surface area contributed by atoms with E-state index in [0.29, 0.717) is 19.4 Å². The Morgan fingerprint density at radius 2 is 2.23 bits per heavy atom. The molecule has 0 rings (SSSR count). The summed E-state index contributed by atoms with van der Waals surface area (Å²) in [6, 6.07) is -0.485. The van der Waals surface area contributed by atoms with Crippen LogP contribution in [0.4, 0.5) is 0 Å². The molecule has 1 unspecified atom stereocenters. The third kappa shape index (κ3) is 5.92. The van der Waals surface area contributed by atoms with Gasteiger partial charge in [0.25, 0.3) is 0 Å². The fourth-order valence-electron chi connectivity index (χ4n) is 0.975. The van der Waals surface area contributed by atoms with Gasteiger partial charge in [-0.15, -0.1) is 0 Å². The first-order chi connectivity index (χ1) is 6.07. The molecule has 1 atom stereocenters. The summed E-state index contributed by atoms with van der Waals surface area (Å²) in [5.41, 5.74) is 10.3. The lowest BCUT2D eigenvalue weighted by Gasteiger charge is -2.12. The highest BCUT2D eigenvalue weighted by molar-refractivity contribution is 5.69. The van der Waals surface area contributed by atoms with Crippen LogP contribution in [0.15, 0.2) is 0 Å². The number of carbonyl (C=O) groups excluding carboxylic acids is 1. The molecule has 0 heterocycles. The standard InChI is InChI=1S/C7H16N4O2/c1-10-5(6(12)13)3-2-4-11-7(8)9/h5,10H,2-4H2,1H3,(H,12,13)(H4,8,9,11)/p+1. The maximum Gasteiger partial charge on any atom is 0.338 e. The quantitative estimate of drug-likeness (QED) is 0.189. The van der Waals surface area contributed by atoms with Crippen molar-refractivity contribution in [3.63, 3.8) is 0 Å². The summed E-state index contributed by atoms with van der Waals surface area (Å²) in [7, 11) is 1.71. The molecule has 0 saturated heterocycles. The van der Waals surface area contributed by atoms with Crippen molar-refractivity contribution in [1.29, 1.82) is 0 Å². The minimum atomic E-state index is -1.03. The van der Waals surface area contributed by atoms with Crippen molar-refractivity contribution in [3.05, 3.63) is 0 Å². The van der Waals surface area contributed by atoms with Gasteiger partial charge in [0.2, 0.25) is 0 Å². The number of hydrogen-bond donors (Lipinski definition) is 4. The number of nitrogens with two attached hydrogens (primary N) is 3. The number of hydrogen-bond acceptors (Lipinski definition) is 2. The number of carbonyl (C=O) groups is 1. The van der Waals surface area contributed by atoms with E-state index in [1.54, 1.807) is 12.4 Å². The number of guanidine groups is 1. The van der Waals surface area contributed by atoms with Gasteiger partial charge < -0.3 is 15.2 Å². The number of carboxylic acid groups (broad SMARTS) is 1. The summed E-state index contributed by atoms with van der Waals surface area (Å²) < 4.78 is 0. The van der Waals surface area contributed by atoms with Gasteiger partial charge in [-0.3, -0.25) is 16.5 Å². The van der Waals surface area contributed by atoms with Crippen molar-refractivity contribution in [3.8, 4) is 0 Å². The minimum absolute atomic E-state index is 0.158. The van der Waals surface area contributed by atoms with Gasteiger partial charge in [0, 0.05) is 6.42 Å². The van der Waals surface area contributed by atoms with Crippen molar-refractivity contribution in [2.24, 2.45) is 11.5 Å². The lowest BCUT2D eigenvalue weighted by molar-refractivity contribution is -0.659. The topological polar surface area (TPSA) is 123 Å². The van der Waals surface area contributed by atoms with E-state index in [9.17, 15) is 9.90 Å². The van der Waals surface area contributed by atoms with E-state index in [0.717, 1.165) is 0 Å². The zero-order chi connectivity index (χ0) is 10.3. The third-order valence-electron chi connectivity index (χ3n) is 1.73. The van der Waals surface area contributed by atoms with Crippen LogP contribution in [-0.4, -0.2) is 31.6 Å². The Morgan fingerprint density at radius 1 is 1.62 bits per heavy atom. The van der Waals surface area contributed by atoms with Crippen molar-refractivity contribution in [2.75, 3.05) is 13.6 Å². The molecule has 76 valence electrons. The van der Waals surface area contributed by atoms with Gasteiger partial charge in [-0.05, 0) is 6.42 Å². The van der Waals surface area contributed by atoms with Gasteiger partial charge in [0.1, 0.15) is 6.04 Å². The van der Waals surface area contributed by atoms with Gasteiger partial charge in [-0.25, -0.2) is 0 Å². The van der Waals surface area contributed by atoms with Crippen LogP contribution < -0.4 is 26.9 Å². The molecule has 6 nitrogen and oxygen atoms in total. The van der Waals surface area contributed by atoms with E-state index in [1.165, 1.54) is 0 Å². The molecule has 0 amide bonds. The maximum atomic E-state index is 10.4. The number of carboxylic acids is 1. The first-order valence-corrected chi connectivity index (χ1v) is 4.20. The summed E-state index contributed by atoms with van der Waals surface area (Å²) >= 11 is 0. The molecule has 0 aromatic rings. The average Bonchev–Trinajstić information content (AvgIpc) is 2.03. The first kappa shape index (κ1) is 11.7. The SMILES string of the molecule is C[NH2+]C(CCC[NH+]=C(N)N)C(=O)[O-]. The largest absolute Gasteiger partial charge is 0.544 e. The molecule has 0 bridgehead atoms. The molecular formula is C7H17N4O2+. The fraction of sp³-hybridized carbons (Fsp3) is 0.714. The highest BCUT2D eigenvalue weighted by Gasteiger charge is 2.09. The van der Waals surface area contributed by atoms with Gasteiger partial charge in [-0.2, -0.15) is 0 Å². The van der Waals surface area contributed by atoms with Crippen LogP contribution in [0.25, 0.3) is 0 Å². The van der Waals surface area contributed by atoms with E-state index in [1.807, 2.05) is 0 Å². The second-order valence-corrected chi connectivity index (χ2v) is 2.78. The van der Waals surface area contributed by atoms with Crippen molar-refractivity contribution in [2.45, 2.75) is 18.9 Å². The maximum absolute atomic E-state index is 10.4. The zero-order valence-corrected chi connectivity index (χ0v) is 7.75. The Hall–Kier alpha value is -1.30. The molecule has 13 heavy (non-hydrogen) atoms. The Balaban J connectivity index is 3.62. The Bertz CT molecular complexity index is 189. The molecule has 7 N–H and O–H groups in total. The summed E-state index contributed by atoms with van der Waals surface area (Å²) in [5, 5.41) is 12.1. The van der Waals surface area contributed by atoms with Gasteiger partial charge in [-0.1, -0.05) is 0 Å². The van der Waals surface area contributed by atoms with Crippen LogP contribution in [-0.2, 0) is 4.79 Å². The van der Waals surface area contributed by atoms with Crippen LogP contribution in [0.3, 0.4) is 0 Å². The summed E-state index contributed by atoms with van der Waals surface area (Å²) in [6.45, 7) is 0.583. The van der Waals surface area contributed by atoms with E-state index in [2.05, 4.69) is 4.99 Å². The number of rotatable bonds is 6. The number of likely N-dealkylation sites (N-methyl/N-ethyl adjacent to an activating group) is 1. The number of nitrogens with one attached hydrogen (secondary N) is 1. The zero-order valence-electron chi connectivity index (χ0n) is 7.75. The van der Waals surface area contributed by atoms with E-state index < -0.39 is 12.0 Å². The normalized spacial score (nSPS) is 12.1. The molecule has 0 spiro atoms. The Kier molecular flexibility index (Phi) is 5.62. The van der Waals surface area contributed by atoms with Crippen LogP contribution in [0, 0.1) is 0 Å². The number of aliphatic carboxylic acids is 1. The molecule has 0 saturated carbocycles. The lowest BCUT2D eigenvalue weighted by atomic mass is 10.1. The lowest BCUT2D eigenvalue weighted by Crippen LogP contribution is -2.89. The molecule has 0 aliphatic carbocycles. The van der Waals surface area contributed by atoms with Crippen LogP contribution in [0.5, 0.6) is 0 Å². The molecular weight excluding hydrogens is 172 g/mol. The molecule has 0 aromatic carbocycles. The van der Waals surface area contributed by atoms with Gasteiger partial charge in [0.15, 0.2) is 0 Å². The highest BCUT2D eigenvalue weighted by atomic mass is 16.4. The minimum Gasteiger partial charge on any atom is -0.544 e. The Labute approximate surface area is 77.0 Å². The number of quaternary nitrogens is 1. The van der Waals surface area contributed by atoms with Crippen molar-refractivity contribution in [1.82, 2.24) is 0 Å². The van der Waals surface area contributed by atoms with Crippen molar-refractivity contribution < 1.29 is 20.2 Å². The van der Waals surface area contributed by atoms with E-state index >= 15 is 0 Å². The predicted octanol–water partition coefficient (Wildman–Crippen LogP) is -5.57. The van der Waals surface area contributed by atoms with Crippen LogP contribution >= 0.6 is 0 Å². The molecule has 0 aromatic heterocycles. The molecule has 0 aliphatic heterocycles. The van der Waals surface area contributed by atoms with E-state index in [4.69, 9.17) is 11.5 Å². The molecule has 6 heteroatoms. The molecule has 0 fully saturated rings. The average molecular weight is 189 g/mol. The van der Waals surface area contributed by atoms with E-state index in [-0.39, 0.29) is 5.96 Å². The highest BCUT2D eigenvalue weighted by Crippen LogP contribution is 1.88. The molecule has 0 radical (unpaired) electrons. The van der Waals surface area contributed by atoms with Gasteiger partial charge >= 0.3 is 5.96 Å². The van der Waals surface area contributed by atoms with Gasteiger partial charge in [0.05, 0.1) is 19.6 Å². The first-order valence-electron chi connectivity index (χ1n) is 4.20. The Morgan fingerprint density at radius 3 is 2.62 bits per heavy atom. The second-order valence-electron chi connectivity index (χ2n) is 2.78. The molecule has 0 aliphatic rings. The predicted molar refractivity (Wildman–Crippen MR) is 45.1 cm³/mol. The second kappa shape index (κ2) is 6.24.